The van der Waals surface area contributed by atoms with Crippen molar-refractivity contribution in [2.75, 3.05) is 20.2 Å². The van der Waals surface area contributed by atoms with Crippen LogP contribution in [-0.2, 0) is 17.5 Å². The van der Waals surface area contributed by atoms with Crippen LogP contribution >= 0.6 is 12.2 Å². The van der Waals surface area contributed by atoms with Crippen molar-refractivity contribution in [3.8, 4) is 0 Å². The number of alkyl halides is 3. The zero-order valence-electron chi connectivity index (χ0n) is 10.8. The van der Waals surface area contributed by atoms with Gasteiger partial charge in [-0.3, -0.25) is 4.90 Å². The number of thiocarbonyl (C=S) groups is 1. The molecule has 1 aromatic carbocycles. The van der Waals surface area contributed by atoms with Crippen molar-refractivity contribution >= 4 is 23.1 Å². The molecule has 0 aliphatic carbocycles. The molecular weight excluding hydrogens is 289 g/mol. The first-order chi connectivity index (χ1) is 9.42. The van der Waals surface area contributed by atoms with E-state index in [-0.39, 0.29) is 11.8 Å². The molecule has 3 nitrogen and oxygen atoms in total. The highest BCUT2D eigenvalue weighted by Gasteiger charge is 2.32. The van der Waals surface area contributed by atoms with E-state index in [0.717, 1.165) is 25.2 Å². The molecule has 0 saturated carbocycles. The first-order valence-electron chi connectivity index (χ1n) is 5.96. The summed E-state index contributed by atoms with van der Waals surface area (Å²) in [6.45, 7) is 1.88. The third kappa shape index (κ3) is 3.64. The van der Waals surface area contributed by atoms with Crippen LogP contribution in [0.25, 0.3) is 0 Å². The van der Waals surface area contributed by atoms with Crippen molar-refractivity contribution in [3.63, 3.8) is 0 Å². The topological polar surface area (TPSA) is 24.8 Å². The van der Waals surface area contributed by atoms with E-state index in [1.165, 1.54) is 0 Å². The summed E-state index contributed by atoms with van der Waals surface area (Å²) in [5.74, 6) is 0. The van der Waals surface area contributed by atoms with E-state index in [1.807, 2.05) is 4.90 Å². The lowest BCUT2D eigenvalue weighted by Crippen LogP contribution is -2.50. The quantitative estimate of drug-likeness (QED) is 0.630. The summed E-state index contributed by atoms with van der Waals surface area (Å²) in [6, 6.07) is 3.70. The lowest BCUT2D eigenvalue weighted by molar-refractivity contribution is -0.137. The maximum Gasteiger partial charge on any atom is 0.416 e. The summed E-state index contributed by atoms with van der Waals surface area (Å²) in [6.07, 6.45) is -4.23. The molecule has 7 heteroatoms. The van der Waals surface area contributed by atoms with E-state index < -0.39 is 11.7 Å². The zero-order chi connectivity index (χ0) is 14.8. The van der Waals surface area contributed by atoms with Gasteiger partial charge in [-0.1, -0.05) is 0 Å². The van der Waals surface area contributed by atoms with Crippen molar-refractivity contribution in [2.24, 2.45) is 4.99 Å². The van der Waals surface area contributed by atoms with E-state index in [4.69, 9.17) is 4.74 Å². The fourth-order valence-electron chi connectivity index (χ4n) is 2.11. The molecule has 0 bridgehead atoms. The molecule has 1 fully saturated rings. The van der Waals surface area contributed by atoms with Crippen molar-refractivity contribution in [1.29, 1.82) is 0 Å². The van der Waals surface area contributed by atoms with Crippen LogP contribution in [0.5, 0.6) is 0 Å². The minimum Gasteiger partial charge on any atom is -0.379 e. The Morgan fingerprint density at radius 1 is 1.40 bits per heavy atom. The van der Waals surface area contributed by atoms with E-state index in [1.54, 1.807) is 13.2 Å². The molecule has 0 amide bonds. The van der Waals surface area contributed by atoms with Crippen molar-refractivity contribution in [1.82, 2.24) is 4.90 Å². The van der Waals surface area contributed by atoms with Crippen LogP contribution in [0.1, 0.15) is 11.1 Å². The molecule has 0 spiro atoms. The highest BCUT2D eigenvalue weighted by atomic mass is 32.1. The molecule has 0 aromatic heterocycles. The monoisotopic (exact) mass is 302 g/mol. The van der Waals surface area contributed by atoms with Crippen molar-refractivity contribution in [2.45, 2.75) is 18.8 Å². The van der Waals surface area contributed by atoms with Gasteiger partial charge >= 0.3 is 6.18 Å². The number of aliphatic imine (C=N–C) groups is 1. The summed E-state index contributed by atoms with van der Waals surface area (Å²) in [5.41, 5.74) is 0.00910. The van der Waals surface area contributed by atoms with Crippen LogP contribution in [0.2, 0.25) is 0 Å². The number of nitrogens with zero attached hydrogens (tertiary/aromatic N) is 2. The Bertz CT molecular complexity index is 535. The molecule has 0 N–H and O–H groups in total. The first-order valence-corrected chi connectivity index (χ1v) is 6.37. The standard InChI is InChI=1S/C13H13F3N2OS/c1-19-12-6-18(7-12)5-9-2-10(13(14,15)16)4-11(3-9)17-8-20/h2-4,12H,5-7H2,1H3. The zero-order valence-corrected chi connectivity index (χ0v) is 11.6. The van der Waals surface area contributed by atoms with Gasteiger partial charge in [-0.05, 0) is 36.0 Å². The van der Waals surface area contributed by atoms with Gasteiger partial charge in [0.05, 0.1) is 22.5 Å². The molecule has 0 radical (unpaired) electrons. The summed E-state index contributed by atoms with van der Waals surface area (Å²) < 4.78 is 43.6. The van der Waals surface area contributed by atoms with Gasteiger partial charge in [-0.25, -0.2) is 0 Å². The van der Waals surface area contributed by atoms with Crippen LogP contribution in [0.15, 0.2) is 23.2 Å². The van der Waals surface area contributed by atoms with Crippen LogP contribution < -0.4 is 0 Å². The lowest BCUT2D eigenvalue weighted by atomic mass is 10.1. The fourth-order valence-corrected chi connectivity index (χ4v) is 2.21. The lowest BCUT2D eigenvalue weighted by Gasteiger charge is -2.38. The van der Waals surface area contributed by atoms with Gasteiger partial charge in [0.1, 0.15) is 0 Å². The molecule has 1 heterocycles. The minimum absolute atomic E-state index is 0.166. The van der Waals surface area contributed by atoms with Crippen LogP contribution in [-0.4, -0.2) is 36.4 Å². The summed E-state index contributed by atoms with van der Waals surface area (Å²) in [7, 11) is 1.62. The average molecular weight is 302 g/mol. The highest BCUT2D eigenvalue weighted by molar-refractivity contribution is 7.78. The number of isothiocyanates is 1. The number of hydrogen-bond donors (Lipinski definition) is 0. The van der Waals surface area contributed by atoms with E-state index in [9.17, 15) is 13.2 Å². The molecule has 0 atom stereocenters. The summed E-state index contributed by atoms with van der Waals surface area (Å²) >= 11 is 4.44. The van der Waals surface area contributed by atoms with Crippen LogP contribution in [0.4, 0.5) is 18.9 Å². The molecule has 20 heavy (non-hydrogen) atoms. The Morgan fingerprint density at radius 2 is 2.10 bits per heavy atom. The molecule has 1 aliphatic rings. The Labute approximate surface area is 120 Å². The number of rotatable bonds is 4. The molecule has 0 unspecified atom stereocenters. The predicted octanol–water partition coefficient (Wildman–Crippen LogP) is 3.27. The summed E-state index contributed by atoms with van der Waals surface area (Å²) in [4.78, 5) is 5.65. The normalized spacial score (nSPS) is 16.6. The number of benzene rings is 1. The number of halogens is 3. The molecule has 108 valence electrons. The first kappa shape index (κ1) is 15.1. The molecule has 1 aromatic rings. The second kappa shape index (κ2) is 6.01. The maximum absolute atomic E-state index is 12.8. The number of likely N-dealkylation sites (tertiary alicyclic amines) is 1. The van der Waals surface area contributed by atoms with Crippen molar-refractivity contribution < 1.29 is 17.9 Å². The van der Waals surface area contributed by atoms with Crippen LogP contribution in [0.3, 0.4) is 0 Å². The highest BCUT2D eigenvalue weighted by Crippen LogP contribution is 2.33. The third-order valence-electron chi connectivity index (χ3n) is 3.14. The Balaban J connectivity index is 2.19. The van der Waals surface area contributed by atoms with E-state index in [0.29, 0.717) is 12.1 Å². The van der Waals surface area contributed by atoms with Gasteiger partial charge in [-0.2, -0.15) is 18.2 Å². The van der Waals surface area contributed by atoms with E-state index in [2.05, 4.69) is 22.4 Å². The van der Waals surface area contributed by atoms with Gasteiger partial charge in [-0.15, -0.1) is 0 Å². The van der Waals surface area contributed by atoms with Gasteiger partial charge < -0.3 is 4.74 Å². The SMILES string of the molecule is COC1CN(Cc2cc(N=C=S)cc(C(F)(F)F)c2)C1. The third-order valence-corrected chi connectivity index (χ3v) is 3.23. The molecular formula is C13H13F3N2OS. The Kier molecular flexibility index (Phi) is 4.55. The Hall–Kier alpha value is -1.27. The molecule has 1 aliphatic heterocycles. The van der Waals surface area contributed by atoms with Gasteiger partial charge in [0.15, 0.2) is 0 Å². The predicted molar refractivity (Wildman–Crippen MR) is 72.2 cm³/mol. The largest absolute Gasteiger partial charge is 0.416 e. The fraction of sp³-hybridized carbons (Fsp3) is 0.462. The number of ether oxygens (including phenoxy) is 1. The molecule has 2 rings (SSSR count). The summed E-state index contributed by atoms with van der Waals surface area (Å²) in [5, 5.41) is 2.09. The van der Waals surface area contributed by atoms with Gasteiger partial charge in [0, 0.05) is 26.7 Å². The van der Waals surface area contributed by atoms with Crippen molar-refractivity contribution in [3.05, 3.63) is 29.3 Å². The van der Waals surface area contributed by atoms with Gasteiger partial charge in [0.2, 0.25) is 0 Å². The number of hydrogen-bond acceptors (Lipinski definition) is 4. The number of methoxy groups -OCH3 is 1. The average Bonchev–Trinajstić information content (AvgIpc) is 2.32. The van der Waals surface area contributed by atoms with Crippen LogP contribution in [0, 0.1) is 0 Å². The maximum atomic E-state index is 12.8. The Morgan fingerprint density at radius 3 is 2.65 bits per heavy atom. The molecule has 1 saturated heterocycles. The second-order valence-corrected chi connectivity index (χ2v) is 4.82. The van der Waals surface area contributed by atoms with E-state index >= 15 is 0 Å². The minimum atomic E-state index is -4.40. The smallest absolute Gasteiger partial charge is 0.379 e. The van der Waals surface area contributed by atoms with Gasteiger partial charge in [0.25, 0.3) is 0 Å². The second-order valence-electron chi connectivity index (χ2n) is 4.64.